The van der Waals surface area contributed by atoms with Gasteiger partial charge in [-0.25, -0.2) is 0 Å². The maximum absolute atomic E-state index is 12.1. The van der Waals surface area contributed by atoms with E-state index < -0.39 is 31.3 Å². The number of amides is 1. The third-order valence-electron chi connectivity index (χ3n) is 2.49. The quantitative estimate of drug-likeness (QED) is 0.706. The Labute approximate surface area is 101 Å². The van der Waals surface area contributed by atoms with Crippen LogP contribution in [-0.4, -0.2) is 36.2 Å². The summed E-state index contributed by atoms with van der Waals surface area (Å²) in [5.41, 5.74) is 0. The van der Waals surface area contributed by atoms with E-state index in [-0.39, 0.29) is 17.2 Å². The molecular weight excluding hydrogens is 264 g/mol. The van der Waals surface area contributed by atoms with E-state index in [0.29, 0.717) is 6.42 Å². The number of nitrogens with zero attached hydrogens (tertiary/aromatic N) is 1. The summed E-state index contributed by atoms with van der Waals surface area (Å²) in [5.74, 6) is -2.48. The minimum Gasteiger partial charge on any atom is -0.326 e. The zero-order chi connectivity index (χ0) is 14.6. The van der Waals surface area contributed by atoms with Gasteiger partial charge in [0, 0.05) is 6.54 Å². The Morgan fingerprint density at radius 3 is 2.00 bits per heavy atom. The van der Waals surface area contributed by atoms with Crippen molar-refractivity contribution >= 4 is 5.91 Å². The van der Waals surface area contributed by atoms with Crippen LogP contribution in [0.5, 0.6) is 0 Å². The number of carbonyl (C=O) groups excluding carboxylic acids is 1. The molecule has 0 spiro atoms. The van der Waals surface area contributed by atoms with Gasteiger partial charge in [-0.05, 0) is 12.3 Å². The second-order valence-electron chi connectivity index (χ2n) is 4.14. The highest BCUT2D eigenvalue weighted by molar-refractivity contribution is 5.81. The minimum absolute atomic E-state index is 0.0400. The predicted octanol–water partition coefficient (Wildman–Crippen LogP) is 3.38. The van der Waals surface area contributed by atoms with E-state index in [4.69, 9.17) is 0 Å². The Balaban J connectivity index is 4.68. The summed E-state index contributed by atoms with van der Waals surface area (Å²) < 4.78 is 72.7. The number of halogens is 6. The van der Waals surface area contributed by atoms with E-state index in [2.05, 4.69) is 0 Å². The average molecular weight is 279 g/mol. The molecule has 0 heterocycles. The first kappa shape index (κ1) is 17.1. The van der Waals surface area contributed by atoms with Crippen molar-refractivity contribution in [1.82, 2.24) is 4.90 Å². The molecule has 0 fully saturated rings. The molecule has 0 N–H and O–H groups in total. The highest BCUT2D eigenvalue weighted by Gasteiger charge is 2.45. The van der Waals surface area contributed by atoms with Crippen molar-refractivity contribution in [3.05, 3.63) is 0 Å². The van der Waals surface area contributed by atoms with Crippen LogP contribution >= 0.6 is 0 Å². The van der Waals surface area contributed by atoms with Gasteiger partial charge >= 0.3 is 18.3 Å². The second-order valence-corrected chi connectivity index (χ2v) is 4.14. The molecule has 0 saturated heterocycles. The van der Waals surface area contributed by atoms with Crippen molar-refractivity contribution in [2.24, 2.45) is 5.92 Å². The van der Waals surface area contributed by atoms with Crippen LogP contribution in [-0.2, 0) is 4.79 Å². The molecular formula is C10H15F6NO. The van der Waals surface area contributed by atoms with Crippen LogP contribution in [0.2, 0.25) is 0 Å². The minimum atomic E-state index is -5.28. The molecule has 0 aliphatic rings. The van der Waals surface area contributed by atoms with Crippen LogP contribution in [0.25, 0.3) is 0 Å². The third kappa shape index (κ3) is 6.70. The van der Waals surface area contributed by atoms with Crippen molar-refractivity contribution in [2.45, 2.75) is 39.0 Å². The van der Waals surface area contributed by atoms with E-state index in [1.165, 1.54) is 0 Å². The number of carbonyl (C=O) groups is 1. The largest absolute Gasteiger partial charge is 0.471 e. The lowest BCUT2D eigenvalue weighted by Crippen LogP contribution is -2.46. The number of rotatable bonds is 5. The van der Waals surface area contributed by atoms with Crippen LogP contribution in [0.1, 0.15) is 26.7 Å². The standard InChI is InChI=1S/C10H15F6NO/c1-3-7(2)4-5-17(6-9(11,12)13)8(18)10(14,15)16/h7H,3-6H2,1-2H3. The molecule has 0 aliphatic carbocycles. The zero-order valence-corrected chi connectivity index (χ0v) is 10.0. The normalized spacial score (nSPS) is 14.4. The molecule has 0 bridgehead atoms. The van der Waals surface area contributed by atoms with Gasteiger partial charge in [-0.15, -0.1) is 0 Å². The van der Waals surface area contributed by atoms with Crippen molar-refractivity contribution in [3.8, 4) is 0 Å². The highest BCUT2D eigenvalue weighted by Crippen LogP contribution is 2.24. The molecule has 18 heavy (non-hydrogen) atoms. The summed E-state index contributed by atoms with van der Waals surface area (Å²) in [6, 6.07) is 0. The van der Waals surface area contributed by atoms with Crippen LogP contribution in [0.3, 0.4) is 0 Å². The van der Waals surface area contributed by atoms with Crippen LogP contribution in [0, 0.1) is 5.92 Å². The van der Waals surface area contributed by atoms with E-state index >= 15 is 0 Å². The molecule has 0 aromatic heterocycles. The molecule has 1 amide bonds. The molecule has 0 aromatic rings. The lowest BCUT2D eigenvalue weighted by atomic mass is 10.1. The van der Waals surface area contributed by atoms with E-state index in [9.17, 15) is 31.1 Å². The molecule has 1 atom stereocenters. The average Bonchev–Trinajstić information content (AvgIpc) is 2.19. The first-order chi connectivity index (χ1) is 7.97. The fraction of sp³-hybridized carbons (Fsp3) is 0.900. The zero-order valence-electron chi connectivity index (χ0n) is 10.0. The van der Waals surface area contributed by atoms with E-state index in [0.717, 1.165) is 0 Å². The van der Waals surface area contributed by atoms with Crippen molar-refractivity contribution < 1.29 is 31.1 Å². The van der Waals surface area contributed by atoms with Crippen molar-refractivity contribution in [3.63, 3.8) is 0 Å². The van der Waals surface area contributed by atoms with Gasteiger partial charge in [-0.1, -0.05) is 20.3 Å². The Morgan fingerprint density at radius 1 is 1.17 bits per heavy atom. The number of hydrogen-bond donors (Lipinski definition) is 0. The Hall–Kier alpha value is -0.950. The second kappa shape index (κ2) is 6.29. The summed E-state index contributed by atoms with van der Waals surface area (Å²) in [6.07, 6.45) is -9.38. The molecule has 0 rings (SSSR count). The van der Waals surface area contributed by atoms with Gasteiger partial charge in [0.2, 0.25) is 0 Å². The maximum atomic E-state index is 12.1. The van der Waals surface area contributed by atoms with E-state index in [1.807, 2.05) is 0 Å². The van der Waals surface area contributed by atoms with Gasteiger partial charge < -0.3 is 4.90 Å². The third-order valence-corrected chi connectivity index (χ3v) is 2.49. The molecule has 108 valence electrons. The first-order valence-corrected chi connectivity index (χ1v) is 5.40. The Morgan fingerprint density at radius 2 is 1.67 bits per heavy atom. The molecule has 0 aliphatic heterocycles. The van der Waals surface area contributed by atoms with Gasteiger partial charge in [0.15, 0.2) is 0 Å². The fourth-order valence-electron chi connectivity index (χ4n) is 1.23. The molecule has 1 unspecified atom stereocenters. The molecule has 0 radical (unpaired) electrons. The SMILES string of the molecule is CCC(C)CCN(CC(F)(F)F)C(=O)C(F)(F)F. The number of alkyl halides is 6. The smallest absolute Gasteiger partial charge is 0.326 e. The Bertz CT molecular complexity index is 273. The molecule has 2 nitrogen and oxygen atoms in total. The Kier molecular flexibility index (Phi) is 5.95. The van der Waals surface area contributed by atoms with Crippen molar-refractivity contribution in [2.75, 3.05) is 13.1 Å². The first-order valence-electron chi connectivity index (χ1n) is 5.40. The van der Waals surface area contributed by atoms with Gasteiger partial charge in [0.1, 0.15) is 6.54 Å². The van der Waals surface area contributed by atoms with E-state index in [1.54, 1.807) is 13.8 Å². The lowest BCUT2D eigenvalue weighted by Gasteiger charge is -2.25. The maximum Gasteiger partial charge on any atom is 0.471 e. The molecule has 8 heteroatoms. The van der Waals surface area contributed by atoms with Crippen LogP contribution < -0.4 is 0 Å². The number of hydrogen-bond acceptors (Lipinski definition) is 1. The summed E-state index contributed by atoms with van der Waals surface area (Å²) in [4.78, 5) is 10.7. The summed E-state index contributed by atoms with van der Waals surface area (Å²) in [5, 5.41) is 0. The van der Waals surface area contributed by atoms with Crippen molar-refractivity contribution in [1.29, 1.82) is 0 Å². The highest BCUT2D eigenvalue weighted by atomic mass is 19.4. The molecule has 0 saturated carbocycles. The van der Waals surface area contributed by atoms with Gasteiger partial charge in [0.25, 0.3) is 0 Å². The van der Waals surface area contributed by atoms with Crippen LogP contribution in [0.4, 0.5) is 26.3 Å². The summed E-state index contributed by atoms with van der Waals surface area (Å²) >= 11 is 0. The van der Waals surface area contributed by atoms with Gasteiger partial charge in [0.05, 0.1) is 0 Å². The summed E-state index contributed by atoms with van der Waals surface area (Å²) in [6.45, 7) is 1.04. The van der Waals surface area contributed by atoms with Crippen LogP contribution in [0.15, 0.2) is 0 Å². The van der Waals surface area contributed by atoms with Gasteiger partial charge in [-0.3, -0.25) is 4.79 Å². The van der Waals surface area contributed by atoms with Gasteiger partial charge in [-0.2, -0.15) is 26.3 Å². The topological polar surface area (TPSA) is 20.3 Å². The fourth-order valence-corrected chi connectivity index (χ4v) is 1.23. The summed E-state index contributed by atoms with van der Waals surface area (Å²) in [7, 11) is 0. The predicted molar refractivity (Wildman–Crippen MR) is 52.8 cm³/mol. The monoisotopic (exact) mass is 279 g/mol. The molecule has 0 aromatic carbocycles. The lowest BCUT2D eigenvalue weighted by molar-refractivity contribution is -0.198.